The Balaban J connectivity index is 0.000000790. The molecule has 0 aromatic heterocycles. The van der Waals surface area contributed by atoms with Crippen LogP contribution in [0.2, 0.25) is 0 Å². The van der Waals surface area contributed by atoms with Gasteiger partial charge in [0.25, 0.3) is 0 Å². The number of hydrogen-bond acceptors (Lipinski definition) is 3. The fourth-order valence-electron chi connectivity index (χ4n) is 3.76. The molecule has 0 spiro atoms. The summed E-state index contributed by atoms with van der Waals surface area (Å²) in [6.07, 6.45) is 29.6. The van der Waals surface area contributed by atoms with Crippen molar-refractivity contribution in [3.05, 3.63) is 66.8 Å². The molecule has 1 amide bonds. The van der Waals surface area contributed by atoms with Crippen molar-refractivity contribution in [1.29, 1.82) is 0 Å². The highest BCUT2D eigenvalue weighted by Crippen LogP contribution is 2.13. The van der Waals surface area contributed by atoms with E-state index in [4.69, 9.17) is 10.5 Å². The lowest BCUT2D eigenvalue weighted by molar-refractivity contribution is -0.137. The van der Waals surface area contributed by atoms with Crippen molar-refractivity contribution in [3.63, 3.8) is 0 Å². The molecule has 0 atom stereocenters. The van der Waals surface area contributed by atoms with Gasteiger partial charge in [-0.25, -0.2) is 4.79 Å². The molecule has 1 aromatic carbocycles. The highest BCUT2D eigenvalue weighted by atomic mass is 16.5. The summed E-state index contributed by atoms with van der Waals surface area (Å²) < 4.78 is 4.95. The Morgan fingerprint density at radius 1 is 0.750 bits per heavy atom. The van der Waals surface area contributed by atoms with E-state index in [1.54, 1.807) is 12.2 Å². The summed E-state index contributed by atoms with van der Waals surface area (Å²) in [5, 5.41) is 0. The Morgan fingerprint density at radius 3 is 1.67 bits per heavy atom. The monoisotopic (exact) mass is 497 g/mol. The molecular formula is C32H51NO3. The van der Waals surface area contributed by atoms with Gasteiger partial charge >= 0.3 is 5.97 Å². The van der Waals surface area contributed by atoms with Crippen LogP contribution in [0.25, 0.3) is 6.08 Å². The summed E-state index contributed by atoms with van der Waals surface area (Å²) in [5.41, 5.74) is 6.01. The van der Waals surface area contributed by atoms with Crippen molar-refractivity contribution in [3.8, 4) is 0 Å². The SMILES string of the molecule is C=CC(=O)OCCCCCCCCCCCCCCCCCC.NC(=O)C=CC=Cc1ccccc1. The first kappa shape index (κ1) is 33.4. The number of ether oxygens (including phenoxy) is 1. The van der Waals surface area contributed by atoms with Crippen molar-refractivity contribution in [2.24, 2.45) is 5.73 Å². The predicted octanol–water partition coefficient (Wildman–Crippen LogP) is 8.72. The summed E-state index contributed by atoms with van der Waals surface area (Å²) in [4.78, 5) is 21.1. The van der Waals surface area contributed by atoms with Crippen LogP contribution in [0.3, 0.4) is 0 Å². The van der Waals surface area contributed by atoms with Gasteiger partial charge in [-0.1, -0.05) is 158 Å². The van der Waals surface area contributed by atoms with E-state index in [-0.39, 0.29) is 5.97 Å². The van der Waals surface area contributed by atoms with Crippen LogP contribution < -0.4 is 5.73 Å². The molecule has 202 valence electrons. The molecule has 2 N–H and O–H groups in total. The Labute approximate surface area is 221 Å². The highest BCUT2D eigenvalue weighted by molar-refractivity contribution is 5.86. The molecule has 0 fully saturated rings. The quantitative estimate of drug-likeness (QED) is 0.0799. The second-order valence-electron chi connectivity index (χ2n) is 9.21. The van der Waals surface area contributed by atoms with E-state index >= 15 is 0 Å². The average Bonchev–Trinajstić information content (AvgIpc) is 2.89. The van der Waals surface area contributed by atoms with Gasteiger partial charge in [0.15, 0.2) is 0 Å². The van der Waals surface area contributed by atoms with Crippen LogP contribution in [0.5, 0.6) is 0 Å². The van der Waals surface area contributed by atoms with Gasteiger partial charge < -0.3 is 10.5 Å². The molecule has 0 unspecified atom stereocenters. The third kappa shape index (κ3) is 26.0. The van der Waals surface area contributed by atoms with Crippen molar-refractivity contribution in [2.75, 3.05) is 6.61 Å². The normalized spacial score (nSPS) is 10.8. The maximum Gasteiger partial charge on any atom is 0.330 e. The molecule has 0 aliphatic rings. The zero-order chi connectivity index (χ0) is 26.5. The number of allylic oxidation sites excluding steroid dienone is 2. The standard InChI is InChI=1S/C21H40O2.C11H11NO/c1-3-5-6-7-8-9-10-11-12-13-14-15-16-17-18-19-20-23-21(22)4-2;12-11(13)9-5-4-8-10-6-2-1-3-7-10/h4H,2-3,5-20H2,1H3;1-9H,(H2,12,13). The summed E-state index contributed by atoms with van der Waals surface area (Å²) in [6.45, 7) is 6.20. The number of esters is 1. The molecule has 0 radical (unpaired) electrons. The second kappa shape index (κ2) is 27.0. The molecule has 4 nitrogen and oxygen atoms in total. The molecule has 0 aliphatic heterocycles. The number of hydrogen-bond donors (Lipinski definition) is 1. The van der Waals surface area contributed by atoms with Gasteiger partial charge in [0, 0.05) is 12.2 Å². The molecule has 4 heteroatoms. The number of carbonyl (C=O) groups is 2. The van der Waals surface area contributed by atoms with Crippen molar-refractivity contribution in [1.82, 2.24) is 0 Å². The van der Waals surface area contributed by atoms with Crippen LogP contribution in [0, 0.1) is 0 Å². The van der Waals surface area contributed by atoms with Crippen LogP contribution in [0.1, 0.15) is 115 Å². The fourth-order valence-corrected chi connectivity index (χ4v) is 3.76. The lowest BCUT2D eigenvalue weighted by atomic mass is 10.0. The van der Waals surface area contributed by atoms with Crippen LogP contribution in [-0.4, -0.2) is 18.5 Å². The number of benzene rings is 1. The van der Waals surface area contributed by atoms with Crippen LogP contribution >= 0.6 is 0 Å². The molecule has 1 aromatic rings. The third-order valence-corrected chi connectivity index (χ3v) is 5.87. The number of amides is 1. The second-order valence-corrected chi connectivity index (χ2v) is 9.21. The molecule has 1 rings (SSSR count). The van der Waals surface area contributed by atoms with Gasteiger partial charge in [0.05, 0.1) is 6.61 Å². The summed E-state index contributed by atoms with van der Waals surface area (Å²) in [7, 11) is 0. The molecular weight excluding hydrogens is 446 g/mol. The first-order valence-electron chi connectivity index (χ1n) is 14.1. The van der Waals surface area contributed by atoms with Crippen LogP contribution in [-0.2, 0) is 14.3 Å². The van der Waals surface area contributed by atoms with E-state index in [9.17, 15) is 9.59 Å². The van der Waals surface area contributed by atoms with E-state index in [0.717, 1.165) is 12.0 Å². The lowest BCUT2D eigenvalue weighted by Gasteiger charge is -2.04. The first-order chi connectivity index (χ1) is 17.6. The van der Waals surface area contributed by atoms with Gasteiger partial charge in [0.1, 0.15) is 0 Å². The number of rotatable bonds is 21. The minimum absolute atomic E-state index is 0.300. The minimum Gasteiger partial charge on any atom is -0.463 e. The van der Waals surface area contributed by atoms with Gasteiger partial charge in [-0.3, -0.25) is 4.79 Å². The van der Waals surface area contributed by atoms with Crippen molar-refractivity contribution in [2.45, 2.75) is 110 Å². The number of carbonyl (C=O) groups excluding carboxylic acids is 2. The Hall–Kier alpha value is -2.62. The molecule has 0 saturated carbocycles. The molecule has 0 bridgehead atoms. The summed E-state index contributed by atoms with van der Waals surface area (Å²) in [5.74, 6) is -0.733. The van der Waals surface area contributed by atoms with E-state index < -0.39 is 5.91 Å². The smallest absolute Gasteiger partial charge is 0.330 e. The topological polar surface area (TPSA) is 69.4 Å². The van der Waals surface area contributed by atoms with Crippen LogP contribution in [0.15, 0.2) is 61.2 Å². The predicted molar refractivity (Wildman–Crippen MR) is 155 cm³/mol. The fraction of sp³-hybridized carbons (Fsp3) is 0.562. The molecule has 0 aliphatic carbocycles. The Kier molecular flexibility index (Phi) is 25.0. The summed E-state index contributed by atoms with van der Waals surface area (Å²) in [6, 6.07) is 9.83. The van der Waals surface area contributed by atoms with Gasteiger partial charge in [-0.2, -0.15) is 0 Å². The maximum atomic E-state index is 10.8. The van der Waals surface area contributed by atoms with E-state index in [1.807, 2.05) is 36.4 Å². The first-order valence-corrected chi connectivity index (χ1v) is 14.1. The van der Waals surface area contributed by atoms with Gasteiger partial charge in [-0.05, 0) is 12.0 Å². The third-order valence-electron chi connectivity index (χ3n) is 5.87. The number of nitrogens with two attached hydrogens (primary N) is 1. The highest BCUT2D eigenvalue weighted by Gasteiger charge is 1.96. The number of unbranched alkanes of at least 4 members (excludes halogenated alkanes) is 15. The van der Waals surface area contributed by atoms with E-state index in [1.165, 1.54) is 108 Å². The van der Waals surface area contributed by atoms with E-state index in [0.29, 0.717) is 6.61 Å². The largest absolute Gasteiger partial charge is 0.463 e. The average molecular weight is 498 g/mol. The molecule has 0 saturated heterocycles. The number of primary amides is 1. The van der Waals surface area contributed by atoms with Gasteiger partial charge in [0.2, 0.25) is 5.91 Å². The van der Waals surface area contributed by atoms with E-state index in [2.05, 4.69) is 13.5 Å². The summed E-state index contributed by atoms with van der Waals surface area (Å²) >= 11 is 0. The van der Waals surface area contributed by atoms with Crippen molar-refractivity contribution >= 4 is 18.0 Å². The molecule has 36 heavy (non-hydrogen) atoms. The lowest BCUT2D eigenvalue weighted by Crippen LogP contribution is -2.04. The Morgan fingerprint density at radius 2 is 1.22 bits per heavy atom. The van der Waals surface area contributed by atoms with Crippen LogP contribution in [0.4, 0.5) is 0 Å². The van der Waals surface area contributed by atoms with Gasteiger partial charge in [-0.15, -0.1) is 0 Å². The maximum absolute atomic E-state index is 10.8. The molecule has 0 heterocycles. The minimum atomic E-state index is -0.433. The zero-order valence-electron chi connectivity index (χ0n) is 22.8. The Bertz CT molecular complexity index is 709. The zero-order valence-corrected chi connectivity index (χ0v) is 22.8. The van der Waals surface area contributed by atoms with Crippen molar-refractivity contribution < 1.29 is 14.3 Å².